The third-order valence-corrected chi connectivity index (χ3v) is 3.73. The molecule has 0 amide bonds. The van der Waals surface area contributed by atoms with Crippen molar-refractivity contribution in [3.63, 3.8) is 0 Å². The summed E-state index contributed by atoms with van der Waals surface area (Å²) >= 11 is 13.1. The van der Waals surface area contributed by atoms with E-state index in [2.05, 4.69) is 15.3 Å². The molecule has 0 atom stereocenters. The van der Waals surface area contributed by atoms with E-state index in [0.29, 0.717) is 12.4 Å². The summed E-state index contributed by atoms with van der Waals surface area (Å²) in [5.41, 5.74) is -0.344. The second-order valence-corrected chi connectivity index (χ2v) is 5.45. The van der Waals surface area contributed by atoms with Gasteiger partial charge in [0.2, 0.25) is 0 Å². The van der Waals surface area contributed by atoms with Gasteiger partial charge >= 0.3 is 0 Å². The van der Waals surface area contributed by atoms with Gasteiger partial charge in [-0.1, -0.05) is 23.2 Å². The number of hydrogen-bond donors (Lipinski definition) is 2. The van der Waals surface area contributed by atoms with Crippen LogP contribution in [0.3, 0.4) is 0 Å². The van der Waals surface area contributed by atoms with E-state index in [0.717, 1.165) is 10.8 Å². The van der Waals surface area contributed by atoms with E-state index < -0.39 is 0 Å². The number of aromatic nitrogens is 2. The fraction of sp³-hybridized carbons (Fsp3) is 0.200. The Labute approximate surface area is 112 Å². The Hall–Kier alpha value is -1.04. The molecule has 2 rings (SSSR count). The van der Waals surface area contributed by atoms with Gasteiger partial charge in [0, 0.05) is 11.4 Å². The molecule has 0 spiro atoms. The van der Waals surface area contributed by atoms with Crippen LogP contribution in [-0.4, -0.2) is 16.5 Å². The highest BCUT2D eigenvalue weighted by atomic mass is 35.5. The minimum atomic E-state index is -0.344. The van der Waals surface area contributed by atoms with Crippen molar-refractivity contribution < 1.29 is 0 Å². The molecule has 0 unspecified atom stereocenters. The minimum Gasteiger partial charge on any atom is -0.368 e. The number of thiophene rings is 1. The van der Waals surface area contributed by atoms with Crippen molar-refractivity contribution in [3.8, 4) is 0 Å². The molecule has 7 heteroatoms. The standard InChI is InChI=1S/C10H9Cl2N3OS/c11-7-2-1-6(17-7)3-4-13-9-8(12)10(16)15-5-14-9/h1-2,5H,3-4H2,(H2,13,14,15,16). The van der Waals surface area contributed by atoms with Gasteiger partial charge in [-0.05, 0) is 18.6 Å². The fourth-order valence-corrected chi connectivity index (χ4v) is 2.55. The number of aromatic amines is 1. The van der Waals surface area contributed by atoms with Gasteiger partial charge in [-0.25, -0.2) is 4.98 Å². The van der Waals surface area contributed by atoms with Crippen LogP contribution >= 0.6 is 34.5 Å². The number of H-pyrrole nitrogens is 1. The van der Waals surface area contributed by atoms with Gasteiger partial charge in [-0.3, -0.25) is 4.79 Å². The Morgan fingerprint density at radius 3 is 2.94 bits per heavy atom. The highest BCUT2D eigenvalue weighted by Crippen LogP contribution is 2.21. The van der Waals surface area contributed by atoms with Crippen molar-refractivity contribution in [2.75, 3.05) is 11.9 Å². The summed E-state index contributed by atoms with van der Waals surface area (Å²) in [5.74, 6) is 0.401. The van der Waals surface area contributed by atoms with Gasteiger partial charge in [-0.2, -0.15) is 0 Å². The van der Waals surface area contributed by atoms with Crippen LogP contribution in [0.1, 0.15) is 4.88 Å². The second kappa shape index (κ2) is 5.53. The topological polar surface area (TPSA) is 57.8 Å². The van der Waals surface area contributed by atoms with Crippen LogP contribution < -0.4 is 10.9 Å². The highest BCUT2D eigenvalue weighted by Gasteiger charge is 2.05. The molecule has 0 aromatic carbocycles. The Morgan fingerprint density at radius 2 is 2.24 bits per heavy atom. The van der Waals surface area contributed by atoms with E-state index in [1.807, 2.05) is 12.1 Å². The van der Waals surface area contributed by atoms with Crippen LogP contribution in [-0.2, 0) is 6.42 Å². The summed E-state index contributed by atoms with van der Waals surface area (Å²) in [6, 6.07) is 3.83. The van der Waals surface area contributed by atoms with E-state index in [9.17, 15) is 4.79 Å². The van der Waals surface area contributed by atoms with Gasteiger partial charge in [0.1, 0.15) is 5.02 Å². The van der Waals surface area contributed by atoms with E-state index in [4.69, 9.17) is 23.2 Å². The average molecular weight is 290 g/mol. The van der Waals surface area contributed by atoms with Crippen molar-refractivity contribution in [1.29, 1.82) is 0 Å². The van der Waals surface area contributed by atoms with Crippen LogP contribution in [0, 0.1) is 0 Å². The lowest BCUT2D eigenvalue weighted by Crippen LogP contribution is -2.13. The first-order chi connectivity index (χ1) is 8.16. The lowest BCUT2D eigenvalue weighted by molar-refractivity contribution is 1.01. The monoisotopic (exact) mass is 289 g/mol. The van der Waals surface area contributed by atoms with Gasteiger partial charge in [0.05, 0.1) is 10.7 Å². The summed E-state index contributed by atoms with van der Waals surface area (Å²) in [6.07, 6.45) is 2.13. The average Bonchev–Trinajstić information content (AvgIpc) is 2.70. The number of nitrogens with zero attached hydrogens (tertiary/aromatic N) is 1. The van der Waals surface area contributed by atoms with E-state index in [-0.39, 0.29) is 10.6 Å². The van der Waals surface area contributed by atoms with Crippen LogP contribution in [0.4, 0.5) is 5.82 Å². The van der Waals surface area contributed by atoms with Gasteiger partial charge in [0.15, 0.2) is 5.82 Å². The number of hydrogen-bond acceptors (Lipinski definition) is 4. The molecule has 0 radical (unpaired) electrons. The zero-order valence-corrected chi connectivity index (χ0v) is 11.0. The predicted octanol–water partition coefficient (Wildman–Crippen LogP) is 2.79. The third kappa shape index (κ3) is 3.21. The molecule has 0 aliphatic carbocycles. The maximum absolute atomic E-state index is 11.2. The largest absolute Gasteiger partial charge is 0.368 e. The molecule has 2 aromatic rings. The van der Waals surface area contributed by atoms with Crippen molar-refractivity contribution >= 4 is 40.4 Å². The molecule has 0 saturated carbocycles. The van der Waals surface area contributed by atoms with Gasteiger partial charge in [-0.15, -0.1) is 11.3 Å². The third-order valence-electron chi connectivity index (χ3n) is 2.09. The maximum Gasteiger partial charge on any atom is 0.271 e. The first kappa shape index (κ1) is 12.4. The zero-order valence-electron chi connectivity index (χ0n) is 8.67. The van der Waals surface area contributed by atoms with Gasteiger partial charge < -0.3 is 10.3 Å². The predicted molar refractivity (Wildman–Crippen MR) is 71.4 cm³/mol. The second-order valence-electron chi connectivity index (χ2n) is 3.28. The summed E-state index contributed by atoms with van der Waals surface area (Å²) < 4.78 is 0.771. The molecule has 2 N–H and O–H groups in total. The Kier molecular flexibility index (Phi) is 4.04. The number of anilines is 1. The van der Waals surface area contributed by atoms with E-state index in [1.54, 1.807) is 0 Å². The maximum atomic E-state index is 11.2. The first-order valence-electron chi connectivity index (χ1n) is 4.88. The molecular weight excluding hydrogens is 281 g/mol. The molecule has 2 aromatic heterocycles. The lowest BCUT2D eigenvalue weighted by Gasteiger charge is -2.04. The summed E-state index contributed by atoms with van der Waals surface area (Å²) in [5, 5.41) is 3.09. The number of nitrogens with one attached hydrogen (secondary N) is 2. The molecule has 0 bridgehead atoms. The molecule has 0 aliphatic heterocycles. The summed E-state index contributed by atoms with van der Waals surface area (Å²) in [7, 11) is 0. The number of halogens is 2. The summed E-state index contributed by atoms with van der Waals surface area (Å²) in [6.45, 7) is 0.646. The smallest absolute Gasteiger partial charge is 0.271 e. The van der Waals surface area contributed by atoms with Crippen LogP contribution in [0.2, 0.25) is 9.36 Å². The van der Waals surface area contributed by atoms with Crippen molar-refractivity contribution in [2.24, 2.45) is 0 Å². The quantitative estimate of drug-likeness (QED) is 0.910. The lowest BCUT2D eigenvalue weighted by atomic mass is 10.3. The normalized spacial score (nSPS) is 10.5. The minimum absolute atomic E-state index is 0.0803. The van der Waals surface area contributed by atoms with Crippen LogP contribution in [0.15, 0.2) is 23.3 Å². The van der Waals surface area contributed by atoms with Crippen LogP contribution in [0.25, 0.3) is 0 Å². The molecular formula is C10H9Cl2N3OS. The van der Waals surface area contributed by atoms with E-state index >= 15 is 0 Å². The molecule has 0 fully saturated rings. The van der Waals surface area contributed by atoms with Crippen molar-refractivity contribution in [2.45, 2.75) is 6.42 Å². The molecule has 4 nitrogen and oxygen atoms in total. The van der Waals surface area contributed by atoms with Gasteiger partial charge in [0.25, 0.3) is 5.56 Å². The molecule has 0 saturated heterocycles. The van der Waals surface area contributed by atoms with Crippen LogP contribution in [0.5, 0.6) is 0 Å². The first-order valence-corrected chi connectivity index (χ1v) is 6.45. The van der Waals surface area contributed by atoms with E-state index in [1.165, 1.54) is 22.5 Å². The summed E-state index contributed by atoms with van der Waals surface area (Å²) in [4.78, 5) is 18.7. The van der Waals surface area contributed by atoms with Crippen molar-refractivity contribution in [1.82, 2.24) is 9.97 Å². The zero-order chi connectivity index (χ0) is 12.3. The molecule has 2 heterocycles. The fourth-order valence-electron chi connectivity index (χ4n) is 1.30. The Balaban J connectivity index is 1.94. The highest BCUT2D eigenvalue weighted by molar-refractivity contribution is 7.16. The van der Waals surface area contributed by atoms with Crippen molar-refractivity contribution in [3.05, 3.63) is 43.0 Å². The molecule has 90 valence electrons. The Bertz CT molecular complexity index is 567. The Morgan fingerprint density at radius 1 is 1.41 bits per heavy atom. The SMILES string of the molecule is O=c1[nH]cnc(NCCc2ccc(Cl)s2)c1Cl. The molecule has 0 aliphatic rings. The molecule has 17 heavy (non-hydrogen) atoms. The number of rotatable bonds is 4.